The lowest BCUT2D eigenvalue weighted by Crippen LogP contribution is -2.23. The minimum absolute atomic E-state index is 0.146. The molecular weight excluding hydrogens is 301 g/mol. The molecule has 0 bridgehead atoms. The van der Waals surface area contributed by atoms with Crippen LogP contribution in [0.15, 0.2) is 36.4 Å². The number of halogens is 1. The largest absolute Gasteiger partial charge is 0.496 e. The summed E-state index contributed by atoms with van der Waals surface area (Å²) in [5, 5.41) is 2.72. The minimum atomic E-state index is -0.498. The summed E-state index contributed by atoms with van der Waals surface area (Å²) in [4.78, 5) is 12.2. The molecule has 0 radical (unpaired) electrons. The van der Waals surface area contributed by atoms with E-state index in [1.807, 2.05) is 6.07 Å². The van der Waals surface area contributed by atoms with Crippen LogP contribution in [-0.4, -0.2) is 27.2 Å². The van der Waals surface area contributed by atoms with Crippen LogP contribution in [0.1, 0.15) is 15.9 Å². The van der Waals surface area contributed by atoms with Gasteiger partial charge in [-0.05, 0) is 35.9 Å². The smallest absolute Gasteiger partial charge is 0.255 e. The Morgan fingerprint density at radius 1 is 0.957 bits per heavy atom. The molecule has 0 spiro atoms. The molecule has 1 amide bonds. The lowest BCUT2D eigenvalue weighted by molar-refractivity contribution is 0.0947. The molecule has 23 heavy (non-hydrogen) atoms. The first-order chi connectivity index (χ1) is 11.1. The Labute approximate surface area is 134 Å². The Kier molecular flexibility index (Phi) is 5.41. The number of methoxy groups -OCH3 is 3. The standard InChI is InChI=1S/C17H18FNO4/c1-21-14-7-5-12(18)9-13(14)17(20)19-10-11-4-6-15(22-2)16(8-11)23-3/h4-9H,10H2,1-3H3,(H,19,20). The number of hydrogen-bond acceptors (Lipinski definition) is 4. The van der Waals surface area contributed by atoms with E-state index >= 15 is 0 Å². The fourth-order valence-corrected chi connectivity index (χ4v) is 2.13. The van der Waals surface area contributed by atoms with Crippen molar-refractivity contribution in [3.8, 4) is 17.2 Å². The van der Waals surface area contributed by atoms with Crippen LogP contribution in [0.2, 0.25) is 0 Å². The molecule has 122 valence electrons. The Balaban J connectivity index is 2.12. The van der Waals surface area contributed by atoms with Crippen molar-refractivity contribution in [2.24, 2.45) is 0 Å². The van der Waals surface area contributed by atoms with E-state index in [2.05, 4.69) is 5.32 Å². The molecule has 0 unspecified atom stereocenters. The van der Waals surface area contributed by atoms with E-state index < -0.39 is 11.7 Å². The summed E-state index contributed by atoms with van der Waals surface area (Å²) < 4.78 is 28.8. The zero-order valence-electron chi connectivity index (χ0n) is 13.2. The average molecular weight is 319 g/mol. The fourth-order valence-electron chi connectivity index (χ4n) is 2.13. The number of nitrogens with one attached hydrogen (secondary N) is 1. The van der Waals surface area contributed by atoms with Gasteiger partial charge >= 0.3 is 0 Å². The topological polar surface area (TPSA) is 56.8 Å². The maximum Gasteiger partial charge on any atom is 0.255 e. The molecule has 2 rings (SSSR count). The predicted octanol–water partition coefficient (Wildman–Crippen LogP) is 2.78. The van der Waals surface area contributed by atoms with Crippen molar-refractivity contribution in [1.82, 2.24) is 5.32 Å². The second-order valence-electron chi connectivity index (χ2n) is 4.72. The van der Waals surface area contributed by atoms with Gasteiger partial charge in [-0.1, -0.05) is 6.07 Å². The van der Waals surface area contributed by atoms with Gasteiger partial charge in [-0.15, -0.1) is 0 Å². The van der Waals surface area contributed by atoms with Gasteiger partial charge in [0.2, 0.25) is 0 Å². The van der Waals surface area contributed by atoms with E-state index in [0.717, 1.165) is 11.6 Å². The van der Waals surface area contributed by atoms with Gasteiger partial charge in [-0.3, -0.25) is 4.79 Å². The van der Waals surface area contributed by atoms with Crippen LogP contribution in [0.25, 0.3) is 0 Å². The van der Waals surface area contributed by atoms with Gasteiger partial charge in [-0.25, -0.2) is 4.39 Å². The molecule has 2 aromatic rings. The number of rotatable bonds is 6. The number of carbonyl (C=O) groups excluding carboxylic acids is 1. The molecule has 5 nitrogen and oxygen atoms in total. The van der Waals surface area contributed by atoms with Gasteiger partial charge < -0.3 is 19.5 Å². The molecule has 0 atom stereocenters. The van der Waals surface area contributed by atoms with Crippen molar-refractivity contribution in [1.29, 1.82) is 0 Å². The van der Waals surface area contributed by atoms with Gasteiger partial charge in [0, 0.05) is 6.54 Å². The molecule has 0 aliphatic heterocycles. The SMILES string of the molecule is COc1ccc(CNC(=O)c2cc(F)ccc2OC)cc1OC. The maximum atomic E-state index is 13.3. The third-order valence-electron chi connectivity index (χ3n) is 3.31. The van der Waals surface area contributed by atoms with Gasteiger partial charge in [0.25, 0.3) is 5.91 Å². The third kappa shape index (κ3) is 3.91. The van der Waals surface area contributed by atoms with E-state index in [4.69, 9.17) is 14.2 Å². The first-order valence-corrected chi connectivity index (χ1v) is 6.91. The second kappa shape index (κ2) is 7.49. The average Bonchev–Trinajstić information content (AvgIpc) is 2.59. The maximum absolute atomic E-state index is 13.3. The summed E-state index contributed by atoms with van der Waals surface area (Å²) in [5.74, 6) is 0.575. The third-order valence-corrected chi connectivity index (χ3v) is 3.31. The van der Waals surface area contributed by atoms with Crippen LogP contribution in [0.3, 0.4) is 0 Å². The summed E-state index contributed by atoms with van der Waals surface area (Å²) in [6.07, 6.45) is 0. The lowest BCUT2D eigenvalue weighted by Gasteiger charge is -2.11. The van der Waals surface area contributed by atoms with Gasteiger partial charge in [0.15, 0.2) is 11.5 Å². The lowest BCUT2D eigenvalue weighted by atomic mass is 10.1. The van der Waals surface area contributed by atoms with Crippen molar-refractivity contribution in [3.05, 3.63) is 53.3 Å². The van der Waals surface area contributed by atoms with Crippen LogP contribution in [0.5, 0.6) is 17.2 Å². The highest BCUT2D eigenvalue weighted by Gasteiger charge is 2.13. The summed E-state index contributed by atoms with van der Waals surface area (Å²) in [7, 11) is 4.52. The van der Waals surface area contributed by atoms with Crippen LogP contribution in [-0.2, 0) is 6.54 Å². The van der Waals surface area contributed by atoms with Gasteiger partial charge in [-0.2, -0.15) is 0 Å². The van der Waals surface area contributed by atoms with Crippen molar-refractivity contribution in [3.63, 3.8) is 0 Å². The number of benzene rings is 2. The molecule has 0 fully saturated rings. The Morgan fingerprint density at radius 3 is 2.26 bits per heavy atom. The number of ether oxygens (including phenoxy) is 3. The molecule has 0 heterocycles. The van der Waals surface area contributed by atoms with Crippen molar-refractivity contribution >= 4 is 5.91 Å². The molecule has 0 aliphatic rings. The van der Waals surface area contributed by atoms with E-state index in [1.165, 1.54) is 26.4 Å². The number of carbonyl (C=O) groups is 1. The van der Waals surface area contributed by atoms with Crippen LogP contribution in [0.4, 0.5) is 4.39 Å². The van der Waals surface area contributed by atoms with Crippen LogP contribution in [0, 0.1) is 5.82 Å². The Bertz CT molecular complexity index is 703. The zero-order valence-corrected chi connectivity index (χ0v) is 13.2. The summed E-state index contributed by atoms with van der Waals surface area (Å²) in [6.45, 7) is 0.263. The van der Waals surface area contributed by atoms with Gasteiger partial charge in [0.05, 0.1) is 26.9 Å². The quantitative estimate of drug-likeness (QED) is 0.889. The molecule has 0 saturated heterocycles. The van der Waals surface area contributed by atoms with Crippen molar-refractivity contribution in [2.75, 3.05) is 21.3 Å². The molecule has 0 saturated carbocycles. The highest BCUT2D eigenvalue weighted by atomic mass is 19.1. The summed E-state index contributed by atoms with van der Waals surface area (Å²) in [6, 6.07) is 9.13. The molecule has 6 heteroatoms. The van der Waals surface area contributed by atoms with E-state index in [1.54, 1.807) is 19.2 Å². The highest BCUT2D eigenvalue weighted by molar-refractivity contribution is 5.96. The molecular formula is C17H18FNO4. The fraction of sp³-hybridized carbons (Fsp3) is 0.235. The first-order valence-electron chi connectivity index (χ1n) is 6.91. The summed E-state index contributed by atoms with van der Waals surface area (Å²) >= 11 is 0. The van der Waals surface area contributed by atoms with Gasteiger partial charge in [0.1, 0.15) is 11.6 Å². The van der Waals surface area contributed by atoms with Crippen molar-refractivity contribution < 1.29 is 23.4 Å². The van der Waals surface area contributed by atoms with E-state index in [-0.39, 0.29) is 12.1 Å². The Hall–Kier alpha value is -2.76. The molecule has 2 aromatic carbocycles. The minimum Gasteiger partial charge on any atom is -0.496 e. The predicted molar refractivity (Wildman–Crippen MR) is 83.7 cm³/mol. The molecule has 0 aromatic heterocycles. The first kappa shape index (κ1) is 16.6. The normalized spacial score (nSPS) is 10.1. The van der Waals surface area contributed by atoms with Crippen molar-refractivity contribution in [2.45, 2.75) is 6.54 Å². The highest BCUT2D eigenvalue weighted by Crippen LogP contribution is 2.27. The van der Waals surface area contributed by atoms with Crippen LogP contribution < -0.4 is 19.5 Å². The summed E-state index contributed by atoms with van der Waals surface area (Å²) in [5.41, 5.74) is 0.972. The van der Waals surface area contributed by atoms with E-state index in [0.29, 0.717) is 17.2 Å². The molecule has 0 aliphatic carbocycles. The van der Waals surface area contributed by atoms with Crippen LogP contribution >= 0.6 is 0 Å². The monoisotopic (exact) mass is 319 g/mol. The number of amides is 1. The molecule has 1 N–H and O–H groups in total. The Morgan fingerprint density at radius 2 is 1.61 bits per heavy atom. The second-order valence-corrected chi connectivity index (χ2v) is 4.72. The van der Waals surface area contributed by atoms with E-state index in [9.17, 15) is 9.18 Å². The zero-order chi connectivity index (χ0) is 16.8. The number of hydrogen-bond donors (Lipinski definition) is 1.